The number of cyclic esters (lactones) is 2. The van der Waals surface area contributed by atoms with Crippen molar-refractivity contribution in [1.29, 1.82) is 0 Å². The molecule has 1 atom stereocenters. The molecule has 0 radical (unpaired) electrons. The topological polar surface area (TPSA) is 69.7 Å². The normalized spacial score (nSPS) is 19.3. The van der Waals surface area contributed by atoms with Crippen LogP contribution in [0.1, 0.15) is 31.2 Å². The summed E-state index contributed by atoms with van der Waals surface area (Å²) in [6.07, 6.45) is 0.556. The minimum absolute atomic E-state index is 0.185. The summed E-state index contributed by atoms with van der Waals surface area (Å²) in [5, 5.41) is 0. The quantitative estimate of drug-likeness (QED) is 0.451. The fourth-order valence-corrected chi connectivity index (χ4v) is 1.91. The van der Waals surface area contributed by atoms with Gasteiger partial charge in [0, 0.05) is 18.9 Å². The van der Waals surface area contributed by atoms with Crippen LogP contribution in [0.25, 0.3) is 0 Å². The van der Waals surface area contributed by atoms with Gasteiger partial charge < -0.3 is 9.47 Å². The average Bonchev–Trinajstić information content (AvgIpc) is 2.30. The van der Waals surface area contributed by atoms with E-state index in [1.54, 1.807) is 24.3 Å². The Bertz CT molecular complexity index is 506. The summed E-state index contributed by atoms with van der Waals surface area (Å²) < 4.78 is 9.64. The van der Waals surface area contributed by atoms with Crippen LogP contribution in [-0.2, 0) is 19.1 Å². The number of esters is 3. The third kappa shape index (κ3) is 2.56. The van der Waals surface area contributed by atoms with Gasteiger partial charge >= 0.3 is 17.9 Å². The highest BCUT2D eigenvalue weighted by Crippen LogP contribution is 2.33. The molecule has 1 aromatic rings. The highest BCUT2D eigenvalue weighted by atomic mass is 16.6. The molecule has 0 saturated carbocycles. The average molecular weight is 248 g/mol. The van der Waals surface area contributed by atoms with Crippen molar-refractivity contribution in [2.24, 2.45) is 0 Å². The molecule has 1 unspecified atom stereocenters. The van der Waals surface area contributed by atoms with Gasteiger partial charge in [0.15, 0.2) is 0 Å². The molecular weight excluding hydrogens is 236 g/mol. The number of ether oxygens (including phenoxy) is 2. The first-order valence-electron chi connectivity index (χ1n) is 5.60. The maximum absolute atomic E-state index is 11.7. The van der Waals surface area contributed by atoms with E-state index >= 15 is 0 Å². The molecule has 1 heterocycles. The van der Waals surface area contributed by atoms with E-state index in [1.807, 2.05) is 0 Å². The molecule has 1 aliphatic heterocycles. The van der Waals surface area contributed by atoms with E-state index in [0.717, 1.165) is 0 Å². The Labute approximate surface area is 104 Å². The first kappa shape index (κ1) is 12.3. The Morgan fingerprint density at radius 2 is 2.06 bits per heavy atom. The Hall–Kier alpha value is -2.17. The molecular formula is C13H12O5. The Balaban J connectivity index is 2.29. The largest absolute Gasteiger partial charge is 0.426 e. The van der Waals surface area contributed by atoms with E-state index in [0.29, 0.717) is 17.7 Å². The van der Waals surface area contributed by atoms with Gasteiger partial charge in [0.25, 0.3) is 0 Å². The second kappa shape index (κ2) is 5.00. The van der Waals surface area contributed by atoms with Crippen LogP contribution in [0.3, 0.4) is 0 Å². The predicted molar refractivity (Wildman–Crippen MR) is 60.8 cm³/mol. The van der Waals surface area contributed by atoms with Crippen molar-refractivity contribution < 1.29 is 23.9 Å². The van der Waals surface area contributed by atoms with Crippen LogP contribution in [0.4, 0.5) is 0 Å². The molecule has 0 N–H and O–H groups in total. The van der Waals surface area contributed by atoms with Crippen LogP contribution in [0.15, 0.2) is 24.3 Å². The molecule has 1 saturated heterocycles. The fraction of sp³-hybridized carbons (Fsp3) is 0.308. The van der Waals surface area contributed by atoms with Gasteiger partial charge in [-0.25, -0.2) is 0 Å². The third-order valence-electron chi connectivity index (χ3n) is 2.68. The molecule has 2 rings (SSSR count). The number of carbonyl (C=O) groups excluding carboxylic acids is 3. The molecule has 18 heavy (non-hydrogen) atoms. The Morgan fingerprint density at radius 3 is 2.72 bits per heavy atom. The lowest BCUT2D eigenvalue weighted by molar-refractivity contribution is -0.164. The van der Waals surface area contributed by atoms with Gasteiger partial charge in [-0.2, -0.15) is 0 Å². The maximum atomic E-state index is 11.7. The lowest BCUT2D eigenvalue weighted by Crippen LogP contribution is -2.26. The SMILES string of the molecule is CC(=O)Oc1ccccc1C1CCC(=O)OC1=O. The molecule has 0 aliphatic carbocycles. The van der Waals surface area contributed by atoms with E-state index in [4.69, 9.17) is 4.74 Å². The van der Waals surface area contributed by atoms with Gasteiger partial charge in [-0.15, -0.1) is 0 Å². The van der Waals surface area contributed by atoms with Gasteiger partial charge in [0.1, 0.15) is 5.75 Å². The lowest BCUT2D eigenvalue weighted by Gasteiger charge is -2.21. The van der Waals surface area contributed by atoms with Gasteiger partial charge in [-0.1, -0.05) is 18.2 Å². The monoisotopic (exact) mass is 248 g/mol. The second-order valence-electron chi connectivity index (χ2n) is 4.02. The standard InChI is InChI=1S/C13H12O5/c1-8(14)17-11-5-3-2-4-9(11)10-6-7-12(15)18-13(10)16/h2-5,10H,6-7H2,1H3. The van der Waals surface area contributed by atoms with Gasteiger partial charge in [-0.3, -0.25) is 14.4 Å². The summed E-state index contributed by atoms with van der Waals surface area (Å²) in [6.45, 7) is 1.29. The molecule has 0 aromatic heterocycles. The van der Waals surface area contributed by atoms with E-state index in [1.165, 1.54) is 6.92 Å². The number of benzene rings is 1. The van der Waals surface area contributed by atoms with Crippen molar-refractivity contribution in [3.63, 3.8) is 0 Å². The van der Waals surface area contributed by atoms with Crippen molar-refractivity contribution in [3.05, 3.63) is 29.8 Å². The molecule has 1 aliphatic rings. The van der Waals surface area contributed by atoms with Crippen LogP contribution >= 0.6 is 0 Å². The van der Waals surface area contributed by atoms with E-state index in [9.17, 15) is 14.4 Å². The lowest BCUT2D eigenvalue weighted by atomic mass is 9.92. The first-order chi connectivity index (χ1) is 8.58. The van der Waals surface area contributed by atoms with Gasteiger partial charge in [0.05, 0.1) is 5.92 Å². The molecule has 5 nitrogen and oxygen atoms in total. The van der Waals surface area contributed by atoms with Gasteiger partial charge in [-0.05, 0) is 12.5 Å². The summed E-state index contributed by atoms with van der Waals surface area (Å²) in [7, 11) is 0. The van der Waals surface area contributed by atoms with Crippen LogP contribution in [-0.4, -0.2) is 17.9 Å². The molecule has 1 aromatic carbocycles. The summed E-state index contributed by atoms with van der Waals surface area (Å²) in [4.78, 5) is 33.6. The van der Waals surface area contributed by atoms with E-state index in [2.05, 4.69) is 4.74 Å². The smallest absolute Gasteiger partial charge is 0.321 e. The highest BCUT2D eigenvalue weighted by Gasteiger charge is 2.32. The highest BCUT2D eigenvalue weighted by molar-refractivity contribution is 5.92. The van der Waals surface area contributed by atoms with Crippen LogP contribution in [0.2, 0.25) is 0 Å². The minimum Gasteiger partial charge on any atom is -0.426 e. The van der Waals surface area contributed by atoms with E-state index in [-0.39, 0.29) is 6.42 Å². The van der Waals surface area contributed by atoms with Crippen molar-refractivity contribution in [2.45, 2.75) is 25.7 Å². The maximum Gasteiger partial charge on any atom is 0.321 e. The zero-order valence-electron chi connectivity index (χ0n) is 9.84. The summed E-state index contributed by atoms with van der Waals surface area (Å²) in [5.74, 6) is -1.78. The predicted octanol–water partition coefficient (Wildman–Crippen LogP) is 1.56. The zero-order valence-corrected chi connectivity index (χ0v) is 9.84. The summed E-state index contributed by atoms with van der Waals surface area (Å²) in [5.41, 5.74) is 0.574. The Morgan fingerprint density at radius 1 is 1.33 bits per heavy atom. The Kier molecular flexibility index (Phi) is 3.41. The zero-order chi connectivity index (χ0) is 13.1. The number of carbonyl (C=O) groups is 3. The third-order valence-corrected chi connectivity index (χ3v) is 2.68. The molecule has 0 amide bonds. The molecule has 1 fully saturated rings. The number of para-hydroxylation sites is 1. The molecule has 0 bridgehead atoms. The minimum atomic E-state index is -0.592. The van der Waals surface area contributed by atoms with Gasteiger partial charge in [0.2, 0.25) is 0 Å². The first-order valence-corrected chi connectivity index (χ1v) is 5.60. The molecule has 0 spiro atoms. The number of hydrogen-bond donors (Lipinski definition) is 0. The summed E-state index contributed by atoms with van der Waals surface area (Å²) in [6, 6.07) is 6.76. The van der Waals surface area contributed by atoms with Crippen LogP contribution < -0.4 is 4.74 Å². The fourth-order valence-electron chi connectivity index (χ4n) is 1.91. The number of hydrogen-bond acceptors (Lipinski definition) is 5. The second-order valence-corrected chi connectivity index (χ2v) is 4.02. The van der Waals surface area contributed by atoms with Crippen LogP contribution in [0.5, 0.6) is 5.75 Å². The van der Waals surface area contributed by atoms with Crippen molar-refractivity contribution in [1.82, 2.24) is 0 Å². The molecule has 94 valence electrons. The summed E-state index contributed by atoms with van der Waals surface area (Å²) >= 11 is 0. The van der Waals surface area contributed by atoms with E-state index < -0.39 is 23.8 Å². The van der Waals surface area contributed by atoms with Crippen LogP contribution in [0, 0.1) is 0 Å². The van der Waals surface area contributed by atoms with Crippen molar-refractivity contribution in [2.75, 3.05) is 0 Å². The molecule has 5 heteroatoms. The number of rotatable bonds is 2. The van der Waals surface area contributed by atoms with Crippen molar-refractivity contribution in [3.8, 4) is 5.75 Å². The van der Waals surface area contributed by atoms with Crippen molar-refractivity contribution >= 4 is 17.9 Å².